The highest BCUT2D eigenvalue weighted by Gasteiger charge is 2.21. The Bertz CT molecular complexity index is 1380. The summed E-state index contributed by atoms with van der Waals surface area (Å²) in [6.45, 7) is 0. The van der Waals surface area contributed by atoms with Crippen molar-refractivity contribution in [1.82, 2.24) is 20.2 Å². The molecular formula is C24H18N4O2S. The highest BCUT2D eigenvalue weighted by molar-refractivity contribution is 7.98. The number of hydrogen-bond acceptors (Lipinski definition) is 6. The average molecular weight is 427 g/mol. The van der Waals surface area contributed by atoms with Crippen molar-refractivity contribution in [2.24, 2.45) is 0 Å². The lowest BCUT2D eigenvalue weighted by Crippen LogP contribution is -2.14. The van der Waals surface area contributed by atoms with Crippen LogP contribution in [0.25, 0.3) is 22.1 Å². The number of nitrogens with one attached hydrogen (secondary N) is 1. The first kappa shape index (κ1) is 19.4. The van der Waals surface area contributed by atoms with Crippen LogP contribution in [0.15, 0.2) is 84.0 Å². The van der Waals surface area contributed by atoms with Crippen LogP contribution >= 0.6 is 11.8 Å². The fourth-order valence-corrected chi connectivity index (χ4v) is 4.35. The van der Waals surface area contributed by atoms with Crippen molar-refractivity contribution >= 4 is 39.6 Å². The number of thioether (sulfide) groups is 1. The van der Waals surface area contributed by atoms with E-state index in [1.807, 2.05) is 48.5 Å². The second-order valence-corrected chi connectivity index (χ2v) is 8.02. The third-order valence-corrected chi connectivity index (χ3v) is 6.00. The minimum Gasteiger partial charge on any atom is -0.380 e. The van der Waals surface area contributed by atoms with Gasteiger partial charge in [0.05, 0.1) is 0 Å². The molecule has 6 nitrogen and oxygen atoms in total. The fourth-order valence-electron chi connectivity index (χ4n) is 3.54. The summed E-state index contributed by atoms with van der Waals surface area (Å²) < 4.78 is 0. The molecule has 0 saturated carbocycles. The zero-order chi connectivity index (χ0) is 21.2. The molecule has 3 aromatic carbocycles. The third-order valence-electron chi connectivity index (χ3n) is 5.12. The summed E-state index contributed by atoms with van der Waals surface area (Å²) in [5.41, 5.74) is 4.31. The maximum Gasteiger partial charge on any atom is 0.211 e. The van der Waals surface area contributed by atoms with E-state index < -0.39 is 6.10 Å². The molecule has 2 N–H and O–H groups in total. The first-order chi connectivity index (χ1) is 15.2. The Morgan fingerprint density at radius 3 is 2.55 bits per heavy atom. The van der Waals surface area contributed by atoms with Gasteiger partial charge in [0.25, 0.3) is 0 Å². The SMILES string of the molecule is O=C(c1ccccc1)C(O)c1ccccc1CSc1nnc2c(n1)[nH]c1ccccc12. The summed E-state index contributed by atoms with van der Waals surface area (Å²) in [7, 11) is 0. The van der Waals surface area contributed by atoms with Gasteiger partial charge >= 0.3 is 0 Å². The number of fused-ring (bicyclic) bond motifs is 3. The molecule has 0 amide bonds. The van der Waals surface area contributed by atoms with Crippen molar-refractivity contribution < 1.29 is 9.90 Å². The van der Waals surface area contributed by atoms with Gasteiger partial charge in [0.2, 0.25) is 5.16 Å². The van der Waals surface area contributed by atoms with Crippen LogP contribution in [0.1, 0.15) is 27.6 Å². The Balaban J connectivity index is 1.38. The molecule has 2 heterocycles. The zero-order valence-electron chi connectivity index (χ0n) is 16.4. The van der Waals surface area contributed by atoms with Gasteiger partial charge in [-0.25, -0.2) is 4.98 Å². The number of aliphatic hydroxyl groups is 1. The predicted molar refractivity (Wildman–Crippen MR) is 121 cm³/mol. The quantitative estimate of drug-likeness (QED) is 0.302. The van der Waals surface area contributed by atoms with Gasteiger partial charge in [-0.1, -0.05) is 84.6 Å². The number of aliphatic hydroxyl groups excluding tert-OH is 1. The van der Waals surface area contributed by atoms with Crippen LogP contribution in [0.4, 0.5) is 0 Å². The molecule has 0 aliphatic rings. The van der Waals surface area contributed by atoms with E-state index in [1.165, 1.54) is 11.8 Å². The number of para-hydroxylation sites is 1. The van der Waals surface area contributed by atoms with Crippen LogP contribution in [0.5, 0.6) is 0 Å². The number of aromatic nitrogens is 4. The predicted octanol–water partition coefficient (Wildman–Crippen LogP) is 4.71. The van der Waals surface area contributed by atoms with E-state index >= 15 is 0 Å². The number of rotatable bonds is 6. The molecule has 0 bridgehead atoms. The van der Waals surface area contributed by atoms with Gasteiger partial charge in [0.1, 0.15) is 11.6 Å². The topological polar surface area (TPSA) is 91.8 Å². The summed E-state index contributed by atoms with van der Waals surface area (Å²) in [5.74, 6) is 0.179. The van der Waals surface area contributed by atoms with Crippen molar-refractivity contribution in [3.05, 3.63) is 95.6 Å². The van der Waals surface area contributed by atoms with Crippen LogP contribution in [0, 0.1) is 0 Å². The molecule has 0 radical (unpaired) electrons. The second kappa shape index (κ2) is 8.29. The summed E-state index contributed by atoms with van der Waals surface area (Å²) in [6, 6.07) is 24.1. The molecule has 7 heteroatoms. The normalized spacial score (nSPS) is 12.3. The number of carbonyl (C=O) groups excluding carboxylic acids is 1. The van der Waals surface area contributed by atoms with Gasteiger partial charge in [0.15, 0.2) is 11.4 Å². The van der Waals surface area contributed by atoms with Crippen LogP contribution in [-0.4, -0.2) is 31.1 Å². The number of nitrogens with zero attached hydrogens (tertiary/aromatic N) is 3. The molecule has 1 unspecified atom stereocenters. The molecule has 2 aromatic heterocycles. The van der Waals surface area contributed by atoms with E-state index in [4.69, 9.17) is 0 Å². The Morgan fingerprint density at radius 2 is 1.68 bits per heavy atom. The van der Waals surface area contributed by atoms with Gasteiger partial charge < -0.3 is 10.1 Å². The van der Waals surface area contributed by atoms with Crippen molar-refractivity contribution in [2.45, 2.75) is 17.0 Å². The largest absolute Gasteiger partial charge is 0.380 e. The highest BCUT2D eigenvalue weighted by Crippen LogP contribution is 2.28. The molecule has 5 rings (SSSR count). The van der Waals surface area contributed by atoms with E-state index in [0.717, 1.165) is 22.0 Å². The number of H-pyrrole nitrogens is 1. The average Bonchev–Trinajstić information content (AvgIpc) is 3.20. The Labute approximate surface area is 182 Å². The van der Waals surface area contributed by atoms with Gasteiger partial charge in [-0.05, 0) is 17.2 Å². The lowest BCUT2D eigenvalue weighted by molar-refractivity contribution is 0.0746. The molecule has 0 fully saturated rings. The smallest absolute Gasteiger partial charge is 0.211 e. The molecule has 5 aromatic rings. The number of Topliss-reactive ketones (excluding diaryl/α,β-unsaturated/α-hetero) is 1. The molecule has 31 heavy (non-hydrogen) atoms. The summed E-state index contributed by atoms with van der Waals surface area (Å²) in [5, 5.41) is 20.8. The lowest BCUT2D eigenvalue weighted by Gasteiger charge is -2.14. The second-order valence-electron chi connectivity index (χ2n) is 7.08. The van der Waals surface area contributed by atoms with Gasteiger partial charge in [-0.3, -0.25) is 4.79 Å². The number of hydrogen-bond donors (Lipinski definition) is 2. The molecule has 1 atom stereocenters. The maximum atomic E-state index is 12.7. The molecule has 0 aliphatic heterocycles. The lowest BCUT2D eigenvalue weighted by atomic mass is 9.96. The molecule has 0 aliphatic carbocycles. The van der Waals surface area contributed by atoms with Crippen LogP contribution in [0.3, 0.4) is 0 Å². The summed E-state index contributed by atoms with van der Waals surface area (Å²) >= 11 is 1.41. The molecule has 0 spiro atoms. The zero-order valence-corrected chi connectivity index (χ0v) is 17.2. The standard InChI is InChI=1S/C24H18N4O2S/c29-21(15-8-2-1-3-9-15)22(30)17-11-5-4-10-16(17)14-31-24-26-23-20(27-28-24)18-12-6-7-13-19(18)25-23/h1-13,22,30H,14H2,(H,25,26,28). The van der Waals surface area contributed by atoms with Crippen molar-refractivity contribution in [3.63, 3.8) is 0 Å². The first-order valence-corrected chi connectivity index (χ1v) is 10.8. The molecular weight excluding hydrogens is 408 g/mol. The van der Waals surface area contributed by atoms with Crippen molar-refractivity contribution in [1.29, 1.82) is 0 Å². The fraction of sp³-hybridized carbons (Fsp3) is 0.0833. The van der Waals surface area contributed by atoms with Crippen molar-refractivity contribution in [2.75, 3.05) is 0 Å². The van der Waals surface area contributed by atoms with Crippen LogP contribution in [-0.2, 0) is 5.75 Å². The Morgan fingerprint density at radius 1 is 0.935 bits per heavy atom. The van der Waals surface area contributed by atoms with E-state index in [1.54, 1.807) is 30.3 Å². The number of aromatic amines is 1. The molecule has 152 valence electrons. The minimum absolute atomic E-state index is 0.324. The van der Waals surface area contributed by atoms with Gasteiger partial charge in [-0.2, -0.15) is 0 Å². The number of ketones is 1. The van der Waals surface area contributed by atoms with Gasteiger partial charge in [0, 0.05) is 22.2 Å². The van der Waals surface area contributed by atoms with E-state index in [0.29, 0.717) is 27.7 Å². The van der Waals surface area contributed by atoms with Crippen LogP contribution in [0.2, 0.25) is 0 Å². The van der Waals surface area contributed by atoms with Crippen molar-refractivity contribution in [3.8, 4) is 0 Å². The Hall–Kier alpha value is -3.55. The van der Waals surface area contributed by atoms with Crippen LogP contribution < -0.4 is 0 Å². The number of carbonyl (C=O) groups is 1. The summed E-state index contributed by atoms with van der Waals surface area (Å²) in [6.07, 6.45) is -1.23. The van der Waals surface area contributed by atoms with E-state index in [2.05, 4.69) is 20.2 Å². The van der Waals surface area contributed by atoms with E-state index in [-0.39, 0.29) is 5.78 Å². The van der Waals surface area contributed by atoms with E-state index in [9.17, 15) is 9.90 Å². The minimum atomic E-state index is -1.23. The van der Waals surface area contributed by atoms with Gasteiger partial charge in [-0.15, -0.1) is 10.2 Å². The maximum absolute atomic E-state index is 12.7. The third kappa shape index (κ3) is 3.81. The summed E-state index contributed by atoms with van der Waals surface area (Å²) in [4.78, 5) is 20.6. The molecule has 0 saturated heterocycles. The highest BCUT2D eigenvalue weighted by atomic mass is 32.2. The monoisotopic (exact) mass is 426 g/mol. The Kier molecular flexibility index (Phi) is 5.19. The first-order valence-electron chi connectivity index (χ1n) is 9.80. The number of benzene rings is 3.